The third-order valence-corrected chi connectivity index (χ3v) is 2.56. The first-order chi connectivity index (χ1) is 7.04. The summed E-state index contributed by atoms with van der Waals surface area (Å²) in [5.41, 5.74) is 0.784. The van der Waals surface area contributed by atoms with Gasteiger partial charge in [-0.25, -0.2) is 0 Å². The van der Waals surface area contributed by atoms with Crippen LogP contribution in [0.5, 0.6) is 5.75 Å². The monoisotopic (exact) mass is 270 g/mol. The van der Waals surface area contributed by atoms with Crippen molar-refractivity contribution < 1.29 is 9.84 Å². The lowest BCUT2D eigenvalue weighted by Gasteiger charge is -2.16. The van der Waals surface area contributed by atoms with Crippen molar-refractivity contribution in [1.82, 2.24) is 0 Å². The largest absolute Gasteiger partial charge is 0.486 e. The average molecular weight is 271 g/mol. The standard InChI is InChI=1S/C12H15BrO2/c1-4-8(2)15-12-7-10(13)5-6-11(12)9(3)14/h4-9,14H,1H2,2-3H3/t8?,9-/m0/s1. The maximum Gasteiger partial charge on any atom is 0.127 e. The van der Waals surface area contributed by atoms with Crippen LogP contribution in [0.3, 0.4) is 0 Å². The Morgan fingerprint density at radius 3 is 2.67 bits per heavy atom. The lowest BCUT2D eigenvalue weighted by Crippen LogP contribution is -2.09. The minimum atomic E-state index is -0.537. The predicted molar refractivity (Wildman–Crippen MR) is 65.1 cm³/mol. The van der Waals surface area contributed by atoms with Gasteiger partial charge in [0, 0.05) is 10.0 Å². The molecule has 0 aromatic heterocycles. The summed E-state index contributed by atoms with van der Waals surface area (Å²) in [5.74, 6) is 0.687. The van der Waals surface area contributed by atoms with Gasteiger partial charge in [-0.1, -0.05) is 34.7 Å². The van der Waals surface area contributed by atoms with E-state index in [2.05, 4.69) is 22.5 Å². The molecule has 0 heterocycles. The van der Waals surface area contributed by atoms with E-state index in [1.165, 1.54) is 0 Å². The third-order valence-electron chi connectivity index (χ3n) is 2.07. The van der Waals surface area contributed by atoms with Gasteiger partial charge in [-0.3, -0.25) is 0 Å². The first-order valence-electron chi connectivity index (χ1n) is 4.81. The number of benzene rings is 1. The number of aliphatic hydroxyl groups is 1. The van der Waals surface area contributed by atoms with E-state index in [0.29, 0.717) is 5.75 Å². The summed E-state index contributed by atoms with van der Waals surface area (Å²) in [4.78, 5) is 0. The third kappa shape index (κ3) is 3.36. The van der Waals surface area contributed by atoms with E-state index in [-0.39, 0.29) is 6.10 Å². The molecule has 2 nitrogen and oxygen atoms in total. The Kier molecular flexibility index (Phi) is 4.36. The van der Waals surface area contributed by atoms with Gasteiger partial charge in [-0.2, -0.15) is 0 Å². The highest BCUT2D eigenvalue weighted by atomic mass is 79.9. The van der Waals surface area contributed by atoms with E-state index in [0.717, 1.165) is 10.0 Å². The Morgan fingerprint density at radius 1 is 1.47 bits per heavy atom. The number of rotatable bonds is 4. The van der Waals surface area contributed by atoms with Gasteiger partial charge in [-0.05, 0) is 26.0 Å². The van der Waals surface area contributed by atoms with Crippen molar-refractivity contribution in [2.45, 2.75) is 26.1 Å². The minimum absolute atomic E-state index is 0.0724. The van der Waals surface area contributed by atoms with Crippen molar-refractivity contribution in [3.63, 3.8) is 0 Å². The Bertz CT molecular complexity index is 347. The molecule has 1 aromatic carbocycles. The lowest BCUT2D eigenvalue weighted by molar-refractivity contribution is 0.187. The zero-order valence-corrected chi connectivity index (χ0v) is 10.5. The highest BCUT2D eigenvalue weighted by molar-refractivity contribution is 9.10. The van der Waals surface area contributed by atoms with Crippen LogP contribution in [0.15, 0.2) is 35.3 Å². The fourth-order valence-electron chi connectivity index (χ4n) is 1.20. The molecule has 0 aliphatic carbocycles. The topological polar surface area (TPSA) is 29.5 Å². The van der Waals surface area contributed by atoms with E-state index in [9.17, 15) is 5.11 Å². The van der Waals surface area contributed by atoms with Gasteiger partial charge in [0.1, 0.15) is 11.9 Å². The molecule has 0 amide bonds. The van der Waals surface area contributed by atoms with Gasteiger partial charge >= 0.3 is 0 Å². The van der Waals surface area contributed by atoms with E-state index in [1.807, 2.05) is 25.1 Å². The maximum absolute atomic E-state index is 9.56. The fourth-order valence-corrected chi connectivity index (χ4v) is 1.54. The van der Waals surface area contributed by atoms with E-state index >= 15 is 0 Å². The second-order valence-corrected chi connectivity index (χ2v) is 4.33. The molecule has 1 unspecified atom stereocenters. The molecule has 1 N–H and O–H groups in total. The van der Waals surface area contributed by atoms with Crippen LogP contribution >= 0.6 is 15.9 Å². The van der Waals surface area contributed by atoms with Crippen molar-refractivity contribution in [2.24, 2.45) is 0 Å². The van der Waals surface area contributed by atoms with Gasteiger partial charge in [0.2, 0.25) is 0 Å². The van der Waals surface area contributed by atoms with E-state index < -0.39 is 6.10 Å². The van der Waals surface area contributed by atoms with Crippen LogP contribution in [0.4, 0.5) is 0 Å². The number of aliphatic hydroxyl groups excluding tert-OH is 1. The lowest BCUT2D eigenvalue weighted by atomic mass is 10.1. The number of hydrogen-bond acceptors (Lipinski definition) is 2. The predicted octanol–water partition coefficient (Wildman–Crippen LogP) is 3.46. The number of hydrogen-bond donors (Lipinski definition) is 1. The number of ether oxygens (including phenoxy) is 1. The molecule has 15 heavy (non-hydrogen) atoms. The number of halogens is 1. The van der Waals surface area contributed by atoms with E-state index in [4.69, 9.17) is 4.74 Å². The molecule has 0 aliphatic heterocycles. The summed E-state index contributed by atoms with van der Waals surface area (Å²) >= 11 is 3.37. The summed E-state index contributed by atoms with van der Waals surface area (Å²) in [6.45, 7) is 7.27. The second-order valence-electron chi connectivity index (χ2n) is 3.42. The SMILES string of the molecule is C=CC(C)Oc1cc(Br)ccc1[C@H](C)O. The Morgan fingerprint density at radius 2 is 2.13 bits per heavy atom. The molecule has 82 valence electrons. The molecule has 1 aromatic rings. The van der Waals surface area contributed by atoms with Crippen molar-refractivity contribution in [2.75, 3.05) is 0 Å². The zero-order valence-electron chi connectivity index (χ0n) is 8.90. The molecule has 0 spiro atoms. The molecule has 0 fully saturated rings. The molecule has 0 saturated heterocycles. The molecule has 1 rings (SSSR count). The summed E-state index contributed by atoms with van der Waals surface area (Å²) in [6, 6.07) is 5.58. The van der Waals surface area contributed by atoms with Crippen LogP contribution in [0.2, 0.25) is 0 Å². The van der Waals surface area contributed by atoms with Gasteiger partial charge in [0.05, 0.1) is 6.10 Å². The van der Waals surface area contributed by atoms with Crippen LogP contribution in [0.25, 0.3) is 0 Å². The fraction of sp³-hybridized carbons (Fsp3) is 0.333. The van der Waals surface area contributed by atoms with Crippen molar-refractivity contribution in [1.29, 1.82) is 0 Å². The van der Waals surface area contributed by atoms with Crippen molar-refractivity contribution in [3.05, 3.63) is 40.9 Å². The van der Waals surface area contributed by atoms with Crippen molar-refractivity contribution in [3.8, 4) is 5.75 Å². The van der Waals surface area contributed by atoms with Gasteiger partial charge in [0.15, 0.2) is 0 Å². The van der Waals surface area contributed by atoms with Crippen LogP contribution in [-0.2, 0) is 0 Å². The highest BCUT2D eigenvalue weighted by Crippen LogP contribution is 2.29. The van der Waals surface area contributed by atoms with Gasteiger partial charge < -0.3 is 9.84 Å². The summed E-state index contributed by atoms with van der Waals surface area (Å²) < 4.78 is 6.56. The second kappa shape index (κ2) is 5.33. The zero-order chi connectivity index (χ0) is 11.4. The molecule has 0 radical (unpaired) electrons. The first-order valence-corrected chi connectivity index (χ1v) is 5.60. The molecule has 0 aliphatic rings. The first kappa shape index (κ1) is 12.3. The van der Waals surface area contributed by atoms with Crippen LogP contribution in [0, 0.1) is 0 Å². The van der Waals surface area contributed by atoms with Gasteiger partial charge in [-0.15, -0.1) is 0 Å². The van der Waals surface area contributed by atoms with Gasteiger partial charge in [0.25, 0.3) is 0 Å². The minimum Gasteiger partial charge on any atom is -0.486 e. The average Bonchev–Trinajstić information content (AvgIpc) is 2.17. The smallest absolute Gasteiger partial charge is 0.127 e. The molecular formula is C12H15BrO2. The van der Waals surface area contributed by atoms with Crippen LogP contribution in [-0.4, -0.2) is 11.2 Å². The van der Waals surface area contributed by atoms with Crippen LogP contribution in [0.1, 0.15) is 25.5 Å². The van der Waals surface area contributed by atoms with E-state index in [1.54, 1.807) is 13.0 Å². The van der Waals surface area contributed by atoms with Crippen molar-refractivity contribution >= 4 is 15.9 Å². The maximum atomic E-state index is 9.56. The summed E-state index contributed by atoms with van der Waals surface area (Å²) in [7, 11) is 0. The Hall–Kier alpha value is -0.800. The van der Waals surface area contributed by atoms with Crippen LogP contribution < -0.4 is 4.74 Å². The summed E-state index contributed by atoms with van der Waals surface area (Å²) in [5, 5.41) is 9.56. The highest BCUT2D eigenvalue weighted by Gasteiger charge is 2.11. The Labute approximate surface area is 98.7 Å². The molecule has 2 atom stereocenters. The molecule has 3 heteroatoms. The molecule has 0 bridgehead atoms. The summed E-state index contributed by atoms with van der Waals surface area (Å²) in [6.07, 6.45) is 1.11. The Balaban J connectivity index is 3.01. The molecule has 0 saturated carbocycles. The molecular weight excluding hydrogens is 256 g/mol. The normalized spacial score (nSPS) is 14.4. The quantitative estimate of drug-likeness (QED) is 0.850.